The Bertz CT molecular complexity index is 437. The lowest BCUT2D eigenvalue weighted by Gasteiger charge is -2.15. The van der Waals surface area contributed by atoms with E-state index in [1.54, 1.807) is 7.11 Å². The van der Waals surface area contributed by atoms with E-state index in [1.807, 2.05) is 30.3 Å². The van der Waals surface area contributed by atoms with Gasteiger partial charge >= 0.3 is 12.0 Å². The molecule has 0 bridgehead atoms. The quantitative estimate of drug-likeness (QED) is 0.601. The summed E-state index contributed by atoms with van der Waals surface area (Å²) >= 11 is 0. The van der Waals surface area contributed by atoms with Gasteiger partial charge < -0.3 is 20.5 Å². The number of carboxylic acids is 1. The number of hydrogen-bond donors (Lipinski definition) is 3. The van der Waals surface area contributed by atoms with E-state index in [9.17, 15) is 9.59 Å². The molecule has 6 heteroatoms. The highest BCUT2D eigenvalue weighted by Crippen LogP contribution is 2.03. The van der Waals surface area contributed by atoms with Crippen LogP contribution in [0.5, 0.6) is 0 Å². The molecule has 0 fully saturated rings. The molecule has 0 saturated carbocycles. The van der Waals surface area contributed by atoms with Gasteiger partial charge in [0.1, 0.15) is 6.04 Å². The van der Waals surface area contributed by atoms with E-state index in [0.717, 1.165) is 18.4 Å². The van der Waals surface area contributed by atoms with Crippen molar-refractivity contribution in [2.45, 2.75) is 25.3 Å². The van der Waals surface area contributed by atoms with E-state index in [1.165, 1.54) is 0 Å². The first kappa shape index (κ1) is 17.0. The maximum atomic E-state index is 11.7. The number of carboxylic acid groups (broad SMARTS) is 1. The zero-order valence-electron chi connectivity index (χ0n) is 12.2. The molecular weight excluding hydrogens is 272 g/mol. The van der Waals surface area contributed by atoms with Crippen LogP contribution in [-0.2, 0) is 16.0 Å². The number of unbranched alkanes of at least 4 members (excludes halogenated alkanes) is 1. The summed E-state index contributed by atoms with van der Waals surface area (Å²) in [5.41, 5.74) is 0.866. The van der Waals surface area contributed by atoms with E-state index < -0.39 is 18.0 Å². The smallest absolute Gasteiger partial charge is 0.326 e. The summed E-state index contributed by atoms with van der Waals surface area (Å²) in [6.07, 6.45) is 1.90. The van der Waals surface area contributed by atoms with Crippen LogP contribution in [0.15, 0.2) is 30.3 Å². The summed E-state index contributed by atoms with van der Waals surface area (Å²) in [6.45, 7) is 1.14. The summed E-state index contributed by atoms with van der Waals surface area (Å²) in [6, 6.07) is 7.80. The first-order valence-electron chi connectivity index (χ1n) is 6.93. The summed E-state index contributed by atoms with van der Waals surface area (Å²) in [7, 11) is 1.63. The highest BCUT2D eigenvalue weighted by Gasteiger charge is 2.19. The van der Waals surface area contributed by atoms with E-state index in [-0.39, 0.29) is 6.42 Å². The van der Waals surface area contributed by atoms with Crippen LogP contribution in [0.2, 0.25) is 0 Å². The zero-order valence-corrected chi connectivity index (χ0v) is 12.2. The van der Waals surface area contributed by atoms with Crippen molar-refractivity contribution in [1.82, 2.24) is 10.6 Å². The molecule has 1 atom stereocenters. The maximum Gasteiger partial charge on any atom is 0.326 e. The summed E-state index contributed by atoms with van der Waals surface area (Å²) in [5, 5.41) is 14.3. The van der Waals surface area contributed by atoms with Crippen LogP contribution in [-0.4, -0.2) is 43.4 Å². The van der Waals surface area contributed by atoms with Gasteiger partial charge in [0.05, 0.1) is 0 Å². The Labute approximate surface area is 124 Å². The molecule has 116 valence electrons. The highest BCUT2D eigenvalue weighted by molar-refractivity contribution is 5.82. The molecule has 0 spiro atoms. The largest absolute Gasteiger partial charge is 0.480 e. The van der Waals surface area contributed by atoms with Crippen molar-refractivity contribution < 1.29 is 19.4 Å². The van der Waals surface area contributed by atoms with Gasteiger partial charge in [-0.25, -0.2) is 9.59 Å². The number of benzene rings is 1. The number of rotatable bonds is 9. The lowest BCUT2D eigenvalue weighted by molar-refractivity contribution is -0.139. The Morgan fingerprint density at radius 1 is 1.24 bits per heavy atom. The standard InChI is InChI=1S/C15H22N2O4/c1-21-10-6-5-9-16-15(20)17-13(14(18)19)11-12-7-3-2-4-8-12/h2-4,7-8,13H,5-6,9-11H2,1H3,(H,18,19)(H2,16,17,20)/t13-/m1/s1. The fourth-order valence-electron chi connectivity index (χ4n) is 1.83. The second kappa shape index (κ2) is 9.77. The van der Waals surface area contributed by atoms with Gasteiger partial charge in [0, 0.05) is 26.7 Å². The number of amides is 2. The van der Waals surface area contributed by atoms with Crippen molar-refractivity contribution >= 4 is 12.0 Å². The molecule has 0 saturated heterocycles. The van der Waals surface area contributed by atoms with Crippen molar-refractivity contribution in [3.8, 4) is 0 Å². The lowest BCUT2D eigenvalue weighted by atomic mass is 10.1. The minimum Gasteiger partial charge on any atom is -0.480 e. The average Bonchev–Trinajstić information content (AvgIpc) is 2.47. The van der Waals surface area contributed by atoms with Crippen LogP contribution >= 0.6 is 0 Å². The molecule has 0 aliphatic heterocycles. The summed E-state index contributed by atoms with van der Waals surface area (Å²) in [4.78, 5) is 22.9. The third-order valence-electron chi connectivity index (χ3n) is 2.95. The molecule has 0 aliphatic rings. The Kier molecular flexibility index (Phi) is 7.89. The Balaban J connectivity index is 2.36. The van der Waals surface area contributed by atoms with Crippen molar-refractivity contribution in [3.63, 3.8) is 0 Å². The number of hydrogen-bond acceptors (Lipinski definition) is 3. The lowest BCUT2D eigenvalue weighted by Crippen LogP contribution is -2.47. The molecule has 0 aliphatic carbocycles. The number of methoxy groups -OCH3 is 1. The third kappa shape index (κ3) is 7.31. The predicted octanol–water partition coefficient (Wildman–Crippen LogP) is 1.41. The first-order chi connectivity index (χ1) is 10.1. The van der Waals surface area contributed by atoms with Gasteiger partial charge in [0.2, 0.25) is 0 Å². The molecule has 2 amide bonds. The number of nitrogens with one attached hydrogen (secondary N) is 2. The predicted molar refractivity (Wildman–Crippen MR) is 79.2 cm³/mol. The Morgan fingerprint density at radius 3 is 2.57 bits per heavy atom. The van der Waals surface area contributed by atoms with Crippen molar-refractivity contribution in [1.29, 1.82) is 0 Å². The van der Waals surface area contributed by atoms with Gasteiger partial charge in [-0.1, -0.05) is 30.3 Å². The number of carbonyl (C=O) groups is 2. The fourth-order valence-corrected chi connectivity index (χ4v) is 1.83. The molecule has 0 radical (unpaired) electrons. The average molecular weight is 294 g/mol. The van der Waals surface area contributed by atoms with Crippen LogP contribution in [0, 0.1) is 0 Å². The van der Waals surface area contributed by atoms with Gasteiger partial charge in [-0.05, 0) is 18.4 Å². The number of urea groups is 1. The fraction of sp³-hybridized carbons (Fsp3) is 0.467. The van der Waals surface area contributed by atoms with Gasteiger partial charge in [0.25, 0.3) is 0 Å². The van der Waals surface area contributed by atoms with Crippen molar-refractivity contribution in [2.24, 2.45) is 0 Å². The maximum absolute atomic E-state index is 11.7. The highest BCUT2D eigenvalue weighted by atomic mass is 16.5. The molecule has 3 N–H and O–H groups in total. The van der Waals surface area contributed by atoms with Crippen molar-refractivity contribution in [3.05, 3.63) is 35.9 Å². The minimum atomic E-state index is -1.05. The Hall–Kier alpha value is -2.08. The molecule has 1 aromatic carbocycles. The molecule has 0 unspecified atom stereocenters. The molecule has 0 aromatic heterocycles. The molecular formula is C15H22N2O4. The first-order valence-corrected chi connectivity index (χ1v) is 6.93. The van der Waals surface area contributed by atoms with E-state index >= 15 is 0 Å². The number of carbonyl (C=O) groups excluding carboxylic acids is 1. The second-order valence-corrected chi connectivity index (χ2v) is 4.68. The van der Waals surface area contributed by atoms with Gasteiger partial charge in [-0.2, -0.15) is 0 Å². The van der Waals surface area contributed by atoms with E-state index in [4.69, 9.17) is 9.84 Å². The zero-order chi connectivity index (χ0) is 15.5. The molecule has 6 nitrogen and oxygen atoms in total. The van der Waals surface area contributed by atoms with Gasteiger partial charge in [-0.3, -0.25) is 0 Å². The van der Waals surface area contributed by atoms with E-state index in [2.05, 4.69) is 10.6 Å². The summed E-state index contributed by atoms with van der Waals surface area (Å²) in [5.74, 6) is -1.05. The molecule has 0 heterocycles. The number of ether oxygens (including phenoxy) is 1. The summed E-state index contributed by atoms with van der Waals surface area (Å²) < 4.78 is 4.91. The van der Waals surface area contributed by atoms with Crippen LogP contribution in [0.1, 0.15) is 18.4 Å². The number of aliphatic carboxylic acids is 1. The minimum absolute atomic E-state index is 0.257. The van der Waals surface area contributed by atoms with Crippen LogP contribution in [0.4, 0.5) is 4.79 Å². The topological polar surface area (TPSA) is 87.7 Å². The SMILES string of the molecule is COCCCCNC(=O)N[C@H](Cc1ccccc1)C(=O)O. The van der Waals surface area contributed by atoms with Crippen LogP contribution < -0.4 is 10.6 Å². The van der Waals surface area contributed by atoms with Crippen LogP contribution in [0.3, 0.4) is 0 Å². The van der Waals surface area contributed by atoms with Gasteiger partial charge in [0.15, 0.2) is 0 Å². The molecule has 21 heavy (non-hydrogen) atoms. The second-order valence-electron chi connectivity index (χ2n) is 4.68. The van der Waals surface area contributed by atoms with Crippen LogP contribution in [0.25, 0.3) is 0 Å². The molecule has 1 rings (SSSR count). The normalized spacial score (nSPS) is 11.7. The van der Waals surface area contributed by atoms with E-state index in [0.29, 0.717) is 13.2 Å². The third-order valence-corrected chi connectivity index (χ3v) is 2.95. The molecule has 1 aromatic rings. The van der Waals surface area contributed by atoms with Crippen molar-refractivity contribution in [2.75, 3.05) is 20.3 Å². The van der Waals surface area contributed by atoms with Gasteiger partial charge in [-0.15, -0.1) is 0 Å². The Morgan fingerprint density at radius 2 is 1.95 bits per heavy atom. The monoisotopic (exact) mass is 294 g/mol.